The van der Waals surface area contributed by atoms with E-state index in [4.69, 9.17) is 0 Å². The van der Waals surface area contributed by atoms with Gasteiger partial charge in [0, 0.05) is 55.0 Å². The van der Waals surface area contributed by atoms with Crippen molar-refractivity contribution in [2.45, 2.75) is 46.7 Å². The first-order chi connectivity index (χ1) is 6.54. The van der Waals surface area contributed by atoms with Gasteiger partial charge in [0.1, 0.15) is 0 Å². The van der Waals surface area contributed by atoms with Crippen LogP contribution in [0.5, 0.6) is 0 Å². The Balaban J connectivity index is 2.56. The summed E-state index contributed by atoms with van der Waals surface area (Å²) >= 11 is 5.44. The first-order valence-electron chi connectivity index (χ1n) is 4.94. The van der Waals surface area contributed by atoms with Crippen LogP contribution in [0.4, 0.5) is 0 Å². The third-order valence-electron chi connectivity index (χ3n) is 1.61. The van der Waals surface area contributed by atoms with Crippen molar-refractivity contribution in [3.8, 4) is 0 Å². The highest BCUT2D eigenvalue weighted by Gasteiger charge is 2.29. The number of rotatable bonds is 3. The highest BCUT2D eigenvalue weighted by molar-refractivity contribution is 8.24. The van der Waals surface area contributed by atoms with Gasteiger partial charge in [-0.15, -0.1) is 0 Å². The molecule has 0 aromatic carbocycles. The highest BCUT2D eigenvalue weighted by atomic mass is 32.3. The quantitative estimate of drug-likeness (QED) is 0.708. The maximum atomic E-state index is 2.33. The van der Waals surface area contributed by atoms with Crippen molar-refractivity contribution in [3.63, 3.8) is 0 Å². The second kappa shape index (κ2) is 5.86. The van der Waals surface area contributed by atoms with Crippen LogP contribution >= 0.6 is 36.4 Å². The minimum absolute atomic E-state index is 0.557. The highest BCUT2D eigenvalue weighted by Crippen LogP contribution is 2.45. The molecule has 0 aliphatic carbocycles. The fraction of sp³-hybridized carbons (Fsp3) is 1.00. The summed E-state index contributed by atoms with van der Waals surface area (Å²) in [6.07, 6.45) is 0. The molecule has 0 bridgehead atoms. The average molecular weight is 253 g/mol. The van der Waals surface area contributed by atoms with E-state index in [9.17, 15) is 0 Å². The van der Waals surface area contributed by atoms with Gasteiger partial charge in [-0.2, -0.15) is 11.1 Å². The zero-order valence-corrected chi connectivity index (χ0v) is 11.9. The molecule has 0 N–H and O–H groups in total. The number of hydrogen-bond donors (Lipinski definition) is 0. The SMILES string of the molecule is CCN1SN(C(C)C)SN(C(C)C)S1. The minimum Gasteiger partial charge on any atom is -0.166 e. The van der Waals surface area contributed by atoms with Crippen LogP contribution in [0.25, 0.3) is 0 Å². The summed E-state index contributed by atoms with van der Waals surface area (Å²) in [4.78, 5) is 0. The van der Waals surface area contributed by atoms with Gasteiger partial charge in [-0.3, -0.25) is 0 Å². The van der Waals surface area contributed by atoms with E-state index in [0.717, 1.165) is 6.54 Å². The molecule has 0 aromatic heterocycles. The lowest BCUT2D eigenvalue weighted by Gasteiger charge is -2.40. The molecule has 14 heavy (non-hydrogen) atoms. The molecular weight excluding hydrogens is 234 g/mol. The van der Waals surface area contributed by atoms with E-state index >= 15 is 0 Å². The van der Waals surface area contributed by atoms with Crippen molar-refractivity contribution in [1.29, 1.82) is 0 Å². The van der Waals surface area contributed by atoms with Crippen LogP contribution in [0.3, 0.4) is 0 Å². The molecule has 0 aromatic rings. The molecule has 1 fully saturated rings. The van der Waals surface area contributed by atoms with Crippen molar-refractivity contribution in [2.75, 3.05) is 6.54 Å². The molecule has 0 saturated carbocycles. The predicted octanol–water partition coefficient (Wildman–Crippen LogP) is 3.43. The van der Waals surface area contributed by atoms with Gasteiger partial charge in [-0.05, 0) is 27.7 Å². The van der Waals surface area contributed by atoms with Crippen molar-refractivity contribution in [2.24, 2.45) is 0 Å². The standard InChI is InChI=1S/C8H19N3S3/c1-6-9-12-10(7(2)3)14-11(13-9)8(4)5/h7-8H,6H2,1-5H3. The Hall–Kier alpha value is 0.930. The Morgan fingerprint density at radius 1 is 0.857 bits per heavy atom. The first kappa shape index (κ1) is 13.0. The van der Waals surface area contributed by atoms with Gasteiger partial charge in [0.05, 0.1) is 0 Å². The van der Waals surface area contributed by atoms with Crippen LogP contribution in [0.1, 0.15) is 34.6 Å². The van der Waals surface area contributed by atoms with E-state index in [0.29, 0.717) is 12.1 Å². The first-order valence-corrected chi connectivity index (χ1v) is 7.14. The van der Waals surface area contributed by atoms with Gasteiger partial charge < -0.3 is 0 Å². The molecular formula is C8H19N3S3. The van der Waals surface area contributed by atoms with Crippen molar-refractivity contribution < 1.29 is 0 Å². The Morgan fingerprint density at radius 3 is 1.57 bits per heavy atom. The molecule has 1 heterocycles. The molecule has 6 heteroatoms. The van der Waals surface area contributed by atoms with Gasteiger partial charge in [0.25, 0.3) is 0 Å². The molecule has 0 radical (unpaired) electrons. The molecule has 84 valence electrons. The fourth-order valence-corrected chi connectivity index (χ4v) is 4.38. The normalized spacial score (nSPS) is 22.5. The van der Waals surface area contributed by atoms with E-state index in [1.54, 1.807) is 0 Å². The Bertz CT molecular complexity index is 161. The van der Waals surface area contributed by atoms with Gasteiger partial charge in [0.2, 0.25) is 0 Å². The van der Waals surface area contributed by atoms with Crippen LogP contribution in [0, 0.1) is 0 Å². The van der Waals surface area contributed by atoms with E-state index in [1.807, 2.05) is 36.4 Å². The smallest absolute Gasteiger partial charge is 0.0338 e. The zero-order chi connectivity index (χ0) is 10.7. The van der Waals surface area contributed by atoms with E-state index in [-0.39, 0.29) is 0 Å². The van der Waals surface area contributed by atoms with E-state index < -0.39 is 0 Å². The minimum atomic E-state index is 0.557. The molecule has 0 amide bonds. The van der Waals surface area contributed by atoms with Crippen LogP contribution < -0.4 is 0 Å². The third-order valence-corrected chi connectivity index (χ3v) is 6.02. The topological polar surface area (TPSA) is 9.72 Å². The monoisotopic (exact) mass is 253 g/mol. The maximum Gasteiger partial charge on any atom is 0.0338 e. The largest absolute Gasteiger partial charge is 0.166 e. The summed E-state index contributed by atoms with van der Waals surface area (Å²) in [5.74, 6) is 0. The molecule has 0 spiro atoms. The molecule has 1 rings (SSSR count). The van der Waals surface area contributed by atoms with Gasteiger partial charge in [0.15, 0.2) is 0 Å². The fourth-order valence-electron chi connectivity index (χ4n) is 0.796. The lowest BCUT2D eigenvalue weighted by atomic mass is 10.4. The van der Waals surface area contributed by atoms with Crippen molar-refractivity contribution in [1.82, 2.24) is 11.1 Å². The van der Waals surface area contributed by atoms with Gasteiger partial charge >= 0.3 is 0 Å². The summed E-state index contributed by atoms with van der Waals surface area (Å²) in [6.45, 7) is 12.1. The van der Waals surface area contributed by atoms with Crippen LogP contribution in [0.2, 0.25) is 0 Å². The zero-order valence-electron chi connectivity index (χ0n) is 9.43. The lowest BCUT2D eigenvalue weighted by Crippen LogP contribution is -2.35. The van der Waals surface area contributed by atoms with Crippen LogP contribution in [0.15, 0.2) is 0 Å². The summed E-state index contributed by atoms with van der Waals surface area (Å²) in [7, 11) is 0. The molecule has 0 unspecified atom stereocenters. The summed E-state index contributed by atoms with van der Waals surface area (Å²) in [6, 6.07) is 1.11. The Labute approximate surface area is 101 Å². The van der Waals surface area contributed by atoms with Gasteiger partial charge in [-0.25, -0.2) is 0 Å². The van der Waals surface area contributed by atoms with Gasteiger partial charge in [-0.1, -0.05) is 6.92 Å². The van der Waals surface area contributed by atoms with E-state index in [1.165, 1.54) is 0 Å². The maximum absolute atomic E-state index is 2.33. The second-order valence-electron chi connectivity index (χ2n) is 3.65. The average Bonchev–Trinajstić information content (AvgIpc) is 2.16. The summed E-state index contributed by atoms with van der Waals surface area (Å²) in [5.41, 5.74) is 0. The second-order valence-corrected chi connectivity index (χ2v) is 7.29. The predicted molar refractivity (Wildman–Crippen MR) is 69.1 cm³/mol. The summed E-state index contributed by atoms with van der Waals surface area (Å²) in [5, 5.41) is 0. The Kier molecular flexibility index (Phi) is 5.44. The number of nitrogens with zero attached hydrogens (tertiary/aromatic N) is 3. The van der Waals surface area contributed by atoms with Crippen LogP contribution in [-0.2, 0) is 0 Å². The molecule has 1 saturated heterocycles. The van der Waals surface area contributed by atoms with E-state index in [2.05, 4.69) is 45.8 Å². The van der Waals surface area contributed by atoms with Crippen molar-refractivity contribution >= 4 is 36.4 Å². The summed E-state index contributed by atoms with van der Waals surface area (Å²) < 4.78 is 6.97. The number of hydrogen-bond acceptors (Lipinski definition) is 6. The Morgan fingerprint density at radius 2 is 1.29 bits per heavy atom. The molecule has 1 aliphatic rings. The van der Waals surface area contributed by atoms with Crippen molar-refractivity contribution in [3.05, 3.63) is 0 Å². The lowest BCUT2D eigenvalue weighted by molar-refractivity contribution is 0.511. The van der Waals surface area contributed by atoms with Crippen LogP contribution in [-0.4, -0.2) is 29.8 Å². The molecule has 0 atom stereocenters. The third kappa shape index (κ3) is 3.50. The molecule has 3 nitrogen and oxygen atoms in total. The molecule has 1 aliphatic heterocycles.